The van der Waals surface area contributed by atoms with Gasteiger partial charge in [-0.15, -0.1) is 0 Å². The van der Waals surface area contributed by atoms with Gasteiger partial charge in [-0.05, 0) is 25.5 Å². The van der Waals surface area contributed by atoms with Crippen molar-refractivity contribution in [3.8, 4) is 11.5 Å². The zero-order valence-corrected chi connectivity index (χ0v) is 10.2. The highest BCUT2D eigenvalue weighted by atomic mass is 16.3. The molecular formula is C13H21NO2. The average Bonchev–Trinajstić information content (AvgIpc) is 2.25. The molecule has 2 unspecified atom stereocenters. The van der Waals surface area contributed by atoms with Crippen LogP contribution in [0.25, 0.3) is 0 Å². The molecule has 90 valence electrons. The molecule has 0 fully saturated rings. The van der Waals surface area contributed by atoms with Crippen molar-refractivity contribution in [2.45, 2.75) is 33.2 Å². The van der Waals surface area contributed by atoms with E-state index in [1.807, 2.05) is 6.92 Å². The van der Waals surface area contributed by atoms with E-state index >= 15 is 0 Å². The van der Waals surface area contributed by atoms with E-state index in [1.165, 1.54) is 6.07 Å². The molecule has 3 N–H and O–H groups in total. The number of hydrogen-bond acceptors (Lipinski definition) is 3. The minimum absolute atomic E-state index is 0.0922. The number of aromatic hydroxyl groups is 2. The first-order valence-corrected chi connectivity index (χ1v) is 5.79. The summed E-state index contributed by atoms with van der Waals surface area (Å²) in [6, 6.07) is 4.81. The van der Waals surface area contributed by atoms with Crippen molar-refractivity contribution in [1.29, 1.82) is 0 Å². The molecule has 0 aliphatic carbocycles. The molecule has 2 atom stereocenters. The van der Waals surface area contributed by atoms with Crippen molar-refractivity contribution >= 4 is 0 Å². The second-order valence-electron chi connectivity index (χ2n) is 4.39. The second-order valence-corrected chi connectivity index (χ2v) is 4.39. The van der Waals surface area contributed by atoms with Crippen LogP contribution in [0.4, 0.5) is 0 Å². The molecule has 0 aliphatic heterocycles. The Kier molecular flexibility index (Phi) is 4.62. The molecule has 0 bridgehead atoms. The molecule has 0 heterocycles. The predicted octanol–water partition coefficient (Wildman–Crippen LogP) is 2.79. The Morgan fingerprint density at radius 2 is 1.94 bits per heavy atom. The van der Waals surface area contributed by atoms with E-state index < -0.39 is 0 Å². The van der Waals surface area contributed by atoms with Crippen LogP contribution in [-0.2, 0) is 0 Å². The lowest BCUT2D eigenvalue weighted by Crippen LogP contribution is -2.24. The average molecular weight is 223 g/mol. The van der Waals surface area contributed by atoms with Gasteiger partial charge in [-0.2, -0.15) is 0 Å². The van der Waals surface area contributed by atoms with Gasteiger partial charge in [-0.25, -0.2) is 0 Å². The van der Waals surface area contributed by atoms with Gasteiger partial charge < -0.3 is 15.5 Å². The Labute approximate surface area is 97.1 Å². The smallest absolute Gasteiger partial charge is 0.124 e. The van der Waals surface area contributed by atoms with Gasteiger partial charge in [0, 0.05) is 17.7 Å². The lowest BCUT2D eigenvalue weighted by atomic mass is 10.0. The largest absolute Gasteiger partial charge is 0.508 e. The van der Waals surface area contributed by atoms with Crippen LogP contribution in [0.2, 0.25) is 0 Å². The van der Waals surface area contributed by atoms with E-state index in [-0.39, 0.29) is 17.5 Å². The molecule has 0 aliphatic rings. The van der Waals surface area contributed by atoms with Crippen molar-refractivity contribution in [3.63, 3.8) is 0 Å². The minimum atomic E-state index is 0.0922. The first kappa shape index (κ1) is 12.8. The topological polar surface area (TPSA) is 52.5 Å². The Morgan fingerprint density at radius 1 is 1.25 bits per heavy atom. The van der Waals surface area contributed by atoms with Gasteiger partial charge in [0.2, 0.25) is 0 Å². The number of phenols is 2. The van der Waals surface area contributed by atoms with Crippen LogP contribution >= 0.6 is 0 Å². The van der Waals surface area contributed by atoms with Crippen molar-refractivity contribution < 1.29 is 10.2 Å². The van der Waals surface area contributed by atoms with Gasteiger partial charge >= 0.3 is 0 Å². The fourth-order valence-electron chi connectivity index (χ4n) is 1.53. The van der Waals surface area contributed by atoms with Crippen molar-refractivity contribution in [1.82, 2.24) is 5.32 Å². The normalized spacial score (nSPS) is 14.7. The summed E-state index contributed by atoms with van der Waals surface area (Å²) in [6.45, 7) is 7.29. The summed E-state index contributed by atoms with van der Waals surface area (Å²) in [4.78, 5) is 0. The maximum absolute atomic E-state index is 9.68. The van der Waals surface area contributed by atoms with E-state index in [0.29, 0.717) is 5.92 Å². The molecule has 0 amide bonds. The van der Waals surface area contributed by atoms with Crippen molar-refractivity contribution in [2.75, 3.05) is 6.54 Å². The Morgan fingerprint density at radius 3 is 2.50 bits per heavy atom. The Balaban J connectivity index is 2.62. The summed E-state index contributed by atoms with van der Waals surface area (Å²) >= 11 is 0. The van der Waals surface area contributed by atoms with Crippen LogP contribution in [0.1, 0.15) is 38.8 Å². The molecule has 3 nitrogen and oxygen atoms in total. The maximum atomic E-state index is 9.68. The van der Waals surface area contributed by atoms with E-state index in [9.17, 15) is 10.2 Å². The van der Waals surface area contributed by atoms with Crippen LogP contribution in [0, 0.1) is 5.92 Å². The third-order valence-electron chi connectivity index (χ3n) is 2.95. The monoisotopic (exact) mass is 223 g/mol. The summed E-state index contributed by atoms with van der Waals surface area (Å²) in [7, 11) is 0. The van der Waals surface area contributed by atoms with Gasteiger partial charge in [-0.3, -0.25) is 0 Å². The molecule has 3 heteroatoms. The first-order chi connectivity index (χ1) is 7.54. The lowest BCUT2D eigenvalue weighted by Gasteiger charge is -2.18. The van der Waals surface area contributed by atoms with Crippen LogP contribution in [0.3, 0.4) is 0 Å². The van der Waals surface area contributed by atoms with Crippen molar-refractivity contribution in [2.24, 2.45) is 5.92 Å². The molecule has 0 aromatic heterocycles. The van der Waals surface area contributed by atoms with E-state index in [2.05, 4.69) is 19.2 Å². The van der Waals surface area contributed by atoms with Crippen LogP contribution in [-0.4, -0.2) is 16.8 Å². The molecule has 1 aromatic rings. The second kappa shape index (κ2) is 5.75. The molecule has 0 saturated carbocycles. The zero-order chi connectivity index (χ0) is 12.1. The van der Waals surface area contributed by atoms with Gasteiger partial charge in [0.25, 0.3) is 0 Å². The SMILES string of the molecule is CCC(C)CNC(C)c1ccc(O)cc1O. The predicted molar refractivity (Wildman–Crippen MR) is 65.6 cm³/mol. The number of phenolic OH excluding ortho intramolecular Hbond substituents is 2. The van der Waals surface area contributed by atoms with Gasteiger partial charge in [0.15, 0.2) is 0 Å². The van der Waals surface area contributed by atoms with E-state index in [4.69, 9.17) is 0 Å². The van der Waals surface area contributed by atoms with E-state index in [1.54, 1.807) is 12.1 Å². The number of nitrogens with one attached hydrogen (secondary N) is 1. The van der Waals surface area contributed by atoms with Crippen LogP contribution in [0.15, 0.2) is 18.2 Å². The fraction of sp³-hybridized carbons (Fsp3) is 0.538. The van der Waals surface area contributed by atoms with Crippen LogP contribution in [0.5, 0.6) is 11.5 Å². The van der Waals surface area contributed by atoms with Crippen molar-refractivity contribution in [3.05, 3.63) is 23.8 Å². The number of rotatable bonds is 5. The van der Waals surface area contributed by atoms with Crippen LogP contribution < -0.4 is 5.32 Å². The molecule has 0 spiro atoms. The third-order valence-corrected chi connectivity index (χ3v) is 2.95. The van der Waals surface area contributed by atoms with Gasteiger partial charge in [-0.1, -0.05) is 26.3 Å². The summed E-state index contributed by atoms with van der Waals surface area (Å²) in [6.07, 6.45) is 1.14. The number of benzene rings is 1. The molecular weight excluding hydrogens is 202 g/mol. The quantitative estimate of drug-likeness (QED) is 0.719. The summed E-state index contributed by atoms with van der Waals surface area (Å²) in [5.41, 5.74) is 0.820. The van der Waals surface area contributed by atoms with Gasteiger partial charge in [0.1, 0.15) is 11.5 Å². The molecule has 1 rings (SSSR count). The standard InChI is InChI=1S/C13H21NO2/c1-4-9(2)8-14-10(3)12-6-5-11(15)7-13(12)16/h5-7,9-10,14-16H,4,8H2,1-3H3. The number of hydrogen-bond donors (Lipinski definition) is 3. The summed E-state index contributed by atoms with van der Waals surface area (Å²) in [5, 5.41) is 22.2. The molecule has 0 radical (unpaired) electrons. The Hall–Kier alpha value is -1.22. The zero-order valence-electron chi connectivity index (χ0n) is 10.2. The van der Waals surface area contributed by atoms with Gasteiger partial charge in [0.05, 0.1) is 0 Å². The molecule has 16 heavy (non-hydrogen) atoms. The highest BCUT2D eigenvalue weighted by Gasteiger charge is 2.11. The Bertz CT molecular complexity index is 339. The minimum Gasteiger partial charge on any atom is -0.508 e. The molecule has 1 aromatic carbocycles. The lowest BCUT2D eigenvalue weighted by molar-refractivity contribution is 0.423. The van der Waals surface area contributed by atoms with E-state index in [0.717, 1.165) is 18.5 Å². The maximum Gasteiger partial charge on any atom is 0.124 e. The summed E-state index contributed by atoms with van der Waals surface area (Å²) in [5.74, 6) is 0.862. The summed E-state index contributed by atoms with van der Waals surface area (Å²) < 4.78 is 0. The first-order valence-electron chi connectivity index (χ1n) is 5.79. The highest BCUT2D eigenvalue weighted by Crippen LogP contribution is 2.27. The third kappa shape index (κ3) is 3.42. The highest BCUT2D eigenvalue weighted by molar-refractivity contribution is 5.40. The fourth-order valence-corrected chi connectivity index (χ4v) is 1.53. The molecule has 0 saturated heterocycles.